The molecule has 0 aliphatic carbocycles. The maximum absolute atomic E-state index is 10.6. The maximum Gasteiger partial charge on any atom is 0.146 e. The quantitative estimate of drug-likeness (QED) is 0.838. The number of aliphatic hydroxyl groups is 1. The summed E-state index contributed by atoms with van der Waals surface area (Å²) in [5.41, 5.74) is 0.826. The van der Waals surface area contributed by atoms with E-state index in [1.54, 1.807) is 6.20 Å². The summed E-state index contributed by atoms with van der Waals surface area (Å²) in [5.74, 6) is 0.238. The highest BCUT2D eigenvalue weighted by Crippen LogP contribution is 2.47. The van der Waals surface area contributed by atoms with E-state index >= 15 is 0 Å². The molecule has 5 heteroatoms. The predicted octanol–water partition coefficient (Wildman–Crippen LogP) is 2.26. The maximum atomic E-state index is 10.6. The van der Waals surface area contributed by atoms with Gasteiger partial charge in [-0.1, -0.05) is 33.8 Å². The van der Waals surface area contributed by atoms with Gasteiger partial charge in [-0.25, -0.2) is 0 Å². The number of aliphatic hydroxyl groups excluding tert-OH is 1. The normalized spacial score (nSPS) is 29.4. The topological polar surface area (TPSA) is 51.6 Å². The van der Waals surface area contributed by atoms with Crippen molar-refractivity contribution in [2.75, 3.05) is 6.61 Å². The van der Waals surface area contributed by atoms with Crippen molar-refractivity contribution in [1.82, 2.24) is 4.98 Å². The zero-order valence-electron chi connectivity index (χ0n) is 15.2. The van der Waals surface area contributed by atoms with Crippen molar-refractivity contribution in [2.24, 2.45) is 17.3 Å². The summed E-state index contributed by atoms with van der Waals surface area (Å²) >= 11 is 0. The van der Waals surface area contributed by atoms with Crippen LogP contribution in [-0.4, -0.2) is 38.9 Å². The van der Waals surface area contributed by atoms with E-state index in [1.807, 2.05) is 18.3 Å². The van der Waals surface area contributed by atoms with Crippen molar-refractivity contribution >= 4 is 10.5 Å². The molecule has 4 nitrogen and oxygen atoms in total. The summed E-state index contributed by atoms with van der Waals surface area (Å²) in [4.78, 5) is 4.21. The molecule has 5 atom stereocenters. The number of ether oxygens (including phenoxy) is 1. The van der Waals surface area contributed by atoms with Gasteiger partial charge in [-0.05, 0) is 36.3 Å². The third-order valence-electron chi connectivity index (χ3n) is 5.20. The lowest BCUT2D eigenvalue weighted by atomic mass is 9.69. The van der Waals surface area contributed by atoms with Crippen LogP contribution >= 0.6 is 0 Å². The van der Waals surface area contributed by atoms with Crippen molar-refractivity contribution in [3.63, 3.8) is 0 Å². The highest BCUT2D eigenvalue weighted by Gasteiger charge is 2.51. The van der Waals surface area contributed by atoms with Crippen molar-refractivity contribution in [3.8, 4) is 0 Å². The minimum Gasteiger partial charge on any atom is -0.422 e. The van der Waals surface area contributed by atoms with Gasteiger partial charge in [-0.15, -0.1) is 0 Å². The molecule has 0 radical (unpaired) electrons. The molecule has 0 saturated carbocycles. The fourth-order valence-electron chi connectivity index (χ4n) is 3.93. The second kappa shape index (κ2) is 7.01. The van der Waals surface area contributed by atoms with Gasteiger partial charge in [-0.2, -0.15) is 0 Å². The third-order valence-corrected chi connectivity index (χ3v) is 6.08. The first-order valence-electron chi connectivity index (χ1n) is 8.44. The fourth-order valence-corrected chi connectivity index (χ4v) is 4.60. The third kappa shape index (κ3) is 4.02. The number of hydrogen-bond donors (Lipinski definition) is 1. The number of nitrogens with zero attached hydrogens (tertiary/aromatic N) is 1. The van der Waals surface area contributed by atoms with Crippen LogP contribution in [0.1, 0.15) is 52.7 Å². The Morgan fingerprint density at radius 3 is 2.65 bits per heavy atom. The van der Waals surface area contributed by atoms with Crippen LogP contribution in [0.5, 0.6) is 0 Å². The van der Waals surface area contributed by atoms with E-state index < -0.39 is 11.7 Å². The SMILES string of the molecule is CC(CC(C)(C)C)C(C)(O[SiH3])[C@@H]1[C@@H](c2cccnc2)OC[C@@H]1O. The van der Waals surface area contributed by atoms with Gasteiger partial charge < -0.3 is 14.3 Å². The second-order valence-electron chi connectivity index (χ2n) is 8.19. The zero-order chi connectivity index (χ0) is 17.3. The van der Waals surface area contributed by atoms with Gasteiger partial charge in [0, 0.05) is 18.3 Å². The van der Waals surface area contributed by atoms with E-state index in [1.165, 1.54) is 0 Å². The molecular formula is C18H31NO3Si. The Morgan fingerprint density at radius 1 is 1.43 bits per heavy atom. The van der Waals surface area contributed by atoms with Crippen LogP contribution in [-0.2, 0) is 9.16 Å². The van der Waals surface area contributed by atoms with Crippen LogP contribution in [0, 0.1) is 17.3 Å². The summed E-state index contributed by atoms with van der Waals surface area (Å²) in [6.07, 6.45) is 3.95. The van der Waals surface area contributed by atoms with Gasteiger partial charge >= 0.3 is 0 Å². The van der Waals surface area contributed by atoms with Gasteiger partial charge in [0.2, 0.25) is 0 Å². The van der Waals surface area contributed by atoms with Crippen LogP contribution in [0.25, 0.3) is 0 Å². The molecule has 2 heterocycles. The summed E-state index contributed by atoms with van der Waals surface area (Å²) < 4.78 is 12.1. The molecular weight excluding hydrogens is 306 g/mol. The molecule has 1 saturated heterocycles. The Labute approximate surface area is 143 Å². The standard InChI is InChI=1S/C18H31NO3Si/c1-12(9-17(2,3)4)18(5,22-23)15-14(20)11-21-16(15)13-7-6-8-19-10-13/h6-8,10,12,14-16,20H,9,11H2,1-5,23H3/t12?,14-,15-,16+,18?/m0/s1. The van der Waals surface area contributed by atoms with E-state index in [0.29, 0.717) is 23.0 Å². The zero-order valence-corrected chi connectivity index (χ0v) is 17.2. The fraction of sp³-hybridized carbons (Fsp3) is 0.722. The Balaban J connectivity index is 2.33. The average Bonchev–Trinajstić information content (AvgIpc) is 2.88. The highest BCUT2D eigenvalue weighted by atomic mass is 28.2. The van der Waals surface area contributed by atoms with Gasteiger partial charge in [0.1, 0.15) is 10.5 Å². The Bertz CT molecular complexity index is 505. The van der Waals surface area contributed by atoms with Crippen LogP contribution < -0.4 is 0 Å². The number of rotatable bonds is 5. The van der Waals surface area contributed by atoms with Crippen molar-refractivity contribution < 1.29 is 14.3 Å². The summed E-state index contributed by atoms with van der Waals surface area (Å²) in [7, 11) is 0.633. The lowest BCUT2D eigenvalue weighted by Gasteiger charge is -2.45. The summed E-state index contributed by atoms with van der Waals surface area (Å²) in [6.45, 7) is 11.5. The molecule has 2 rings (SSSR count). The first-order valence-corrected chi connectivity index (χ1v) is 9.25. The minimum absolute atomic E-state index is 0.0819. The first kappa shape index (κ1) is 18.6. The number of aromatic nitrogens is 1. The van der Waals surface area contributed by atoms with E-state index in [-0.39, 0.29) is 17.4 Å². The molecule has 2 unspecified atom stereocenters. The molecule has 1 aliphatic heterocycles. The number of pyridine rings is 1. The molecule has 1 fully saturated rings. The molecule has 0 amide bonds. The monoisotopic (exact) mass is 337 g/mol. The molecule has 1 aromatic heterocycles. The molecule has 0 aromatic carbocycles. The Morgan fingerprint density at radius 2 is 2.13 bits per heavy atom. The molecule has 1 aromatic rings. The van der Waals surface area contributed by atoms with E-state index in [4.69, 9.17) is 9.16 Å². The largest absolute Gasteiger partial charge is 0.422 e. The molecule has 130 valence electrons. The summed E-state index contributed by atoms with van der Waals surface area (Å²) in [5, 5.41) is 10.6. The number of hydrogen-bond acceptors (Lipinski definition) is 4. The molecule has 1 aliphatic rings. The molecule has 23 heavy (non-hydrogen) atoms. The minimum atomic E-state index is -0.512. The highest BCUT2D eigenvalue weighted by molar-refractivity contribution is 5.98. The average molecular weight is 338 g/mol. The van der Waals surface area contributed by atoms with Crippen LogP contribution in [0.4, 0.5) is 0 Å². The lowest BCUT2D eigenvalue weighted by Crippen LogP contribution is -2.49. The van der Waals surface area contributed by atoms with Crippen molar-refractivity contribution in [3.05, 3.63) is 30.1 Å². The van der Waals surface area contributed by atoms with E-state index in [0.717, 1.165) is 12.0 Å². The van der Waals surface area contributed by atoms with Gasteiger partial charge in [-0.3, -0.25) is 4.98 Å². The van der Waals surface area contributed by atoms with Gasteiger partial charge in [0.05, 0.1) is 24.4 Å². The smallest absolute Gasteiger partial charge is 0.146 e. The van der Waals surface area contributed by atoms with Crippen LogP contribution in [0.3, 0.4) is 0 Å². The second-order valence-corrected chi connectivity index (χ2v) is 8.60. The van der Waals surface area contributed by atoms with Crippen LogP contribution in [0.15, 0.2) is 24.5 Å². The van der Waals surface area contributed by atoms with Crippen LogP contribution in [0.2, 0.25) is 0 Å². The first-order chi connectivity index (χ1) is 10.7. The van der Waals surface area contributed by atoms with E-state index in [9.17, 15) is 5.11 Å². The van der Waals surface area contributed by atoms with Gasteiger partial charge in [0.25, 0.3) is 0 Å². The Hall–Kier alpha value is -0.753. The van der Waals surface area contributed by atoms with Crippen molar-refractivity contribution in [1.29, 1.82) is 0 Å². The van der Waals surface area contributed by atoms with Gasteiger partial charge in [0.15, 0.2) is 0 Å². The molecule has 0 bridgehead atoms. The van der Waals surface area contributed by atoms with Crippen molar-refractivity contribution in [2.45, 2.75) is 58.8 Å². The predicted molar refractivity (Wildman–Crippen MR) is 95.1 cm³/mol. The van der Waals surface area contributed by atoms with E-state index in [2.05, 4.69) is 39.6 Å². The molecule has 1 N–H and O–H groups in total. The molecule has 0 spiro atoms. The Kier molecular flexibility index (Phi) is 5.66. The lowest BCUT2D eigenvalue weighted by molar-refractivity contribution is -0.0811. The summed E-state index contributed by atoms with van der Waals surface area (Å²) in [6, 6.07) is 3.93.